The van der Waals surface area contributed by atoms with Gasteiger partial charge in [-0.2, -0.15) is 0 Å². The van der Waals surface area contributed by atoms with E-state index in [1.54, 1.807) is 18.5 Å². The number of primary amides is 1. The highest BCUT2D eigenvalue weighted by Crippen LogP contribution is 2.54. The van der Waals surface area contributed by atoms with Gasteiger partial charge in [0, 0.05) is 36.7 Å². The lowest BCUT2D eigenvalue weighted by molar-refractivity contribution is -0.0967. The summed E-state index contributed by atoms with van der Waals surface area (Å²) in [4.78, 5) is 16.0. The van der Waals surface area contributed by atoms with Gasteiger partial charge in [0.1, 0.15) is 17.0 Å². The van der Waals surface area contributed by atoms with Crippen molar-refractivity contribution in [2.24, 2.45) is 5.73 Å². The van der Waals surface area contributed by atoms with Crippen LogP contribution in [0.5, 0.6) is 5.75 Å². The van der Waals surface area contributed by atoms with Crippen LogP contribution >= 0.6 is 0 Å². The van der Waals surface area contributed by atoms with E-state index in [9.17, 15) is 13.6 Å². The average molecular weight is 347 g/mol. The van der Waals surface area contributed by atoms with Gasteiger partial charge in [-0.05, 0) is 31.9 Å². The number of hydrogen-bond donors (Lipinski definition) is 1. The van der Waals surface area contributed by atoms with Crippen molar-refractivity contribution >= 4 is 5.91 Å². The van der Waals surface area contributed by atoms with E-state index < -0.39 is 17.4 Å². The minimum Gasteiger partial charge on any atom is -0.480 e. The molecule has 0 bridgehead atoms. The number of carbonyl (C=O) groups is 1. The van der Waals surface area contributed by atoms with Gasteiger partial charge >= 0.3 is 0 Å². The summed E-state index contributed by atoms with van der Waals surface area (Å²) in [6, 6.07) is 3.53. The molecule has 1 saturated carbocycles. The number of nitrogens with zero attached hydrogens (tertiary/aromatic N) is 2. The number of hydrogen-bond acceptors (Lipinski definition) is 3. The summed E-state index contributed by atoms with van der Waals surface area (Å²) in [6.07, 6.45) is 3.14. The molecular formula is C18H19F2N3O2. The molecule has 1 amide bonds. The molecule has 1 fully saturated rings. The minimum atomic E-state index is -2.68. The standard InChI is InChI=1S/C18H19F2N3O2/c1-2-23-13(16(21)24)9-12-15(23)11-3-8-22-10-14(11)25-17(12)4-6-18(19,20)7-5-17/h3,8-10H,2,4-7H2,1H3,(H2,21,24). The minimum absolute atomic E-state index is 0.188. The second-order valence-electron chi connectivity index (χ2n) is 6.72. The Morgan fingerprint density at radius 3 is 2.72 bits per heavy atom. The molecule has 1 spiro atoms. The molecule has 2 N–H and O–H groups in total. The second kappa shape index (κ2) is 5.28. The summed E-state index contributed by atoms with van der Waals surface area (Å²) in [5, 5.41) is 0. The molecule has 0 atom stereocenters. The molecule has 0 radical (unpaired) electrons. The normalized spacial score (nSPS) is 19.8. The quantitative estimate of drug-likeness (QED) is 0.904. The van der Waals surface area contributed by atoms with Crippen LogP contribution in [0.15, 0.2) is 24.5 Å². The summed E-state index contributed by atoms with van der Waals surface area (Å²) >= 11 is 0. The first-order valence-corrected chi connectivity index (χ1v) is 8.42. The van der Waals surface area contributed by atoms with Crippen molar-refractivity contribution in [3.63, 3.8) is 0 Å². The number of rotatable bonds is 2. The highest BCUT2D eigenvalue weighted by Gasteiger charge is 2.50. The summed E-state index contributed by atoms with van der Waals surface area (Å²) in [5.41, 5.74) is 7.47. The number of aromatic nitrogens is 2. The lowest BCUT2D eigenvalue weighted by Gasteiger charge is -2.43. The van der Waals surface area contributed by atoms with E-state index in [4.69, 9.17) is 10.5 Å². The molecule has 5 nitrogen and oxygen atoms in total. The SMILES string of the molecule is CCn1c(C(N)=O)cc2c1-c1ccncc1OC21CCC(F)(F)CC1. The van der Waals surface area contributed by atoms with Gasteiger partial charge in [0.25, 0.3) is 5.91 Å². The van der Waals surface area contributed by atoms with Crippen LogP contribution in [0, 0.1) is 0 Å². The molecule has 0 unspecified atom stereocenters. The van der Waals surface area contributed by atoms with Crippen LogP contribution in [0.3, 0.4) is 0 Å². The maximum atomic E-state index is 13.7. The lowest BCUT2D eigenvalue weighted by Crippen LogP contribution is -2.42. The van der Waals surface area contributed by atoms with Gasteiger partial charge in [0.05, 0.1) is 11.9 Å². The number of halogens is 2. The Balaban J connectivity index is 1.95. The van der Waals surface area contributed by atoms with Gasteiger partial charge < -0.3 is 15.0 Å². The van der Waals surface area contributed by atoms with Gasteiger partial charge in [0.2, 0.25) is 5.92 Å². The van der Waals surface area contributed by atoms with E-state index >= 15 is 0 Å². The first-order chi connectivity index (χ1) is 11.9. The van der Waals surface area contributed by atoms with Gasteiger partial charge in [-0.25, -0.2) is 8.78 Å². The monoisotopic (exact) mass is 347 g/mol. The van der Waals surface area contributed by atoms with E-state index in [1.807, 2.05) is 17.6 Å². The Morgan fingerprint density at radius 1 is 1.36 bits per heavy atom. The van der Waals surface area contributed by atoms with Crippen LogP contribution in [-0.4, -0.2) is 21.4 Å². The molecule has 3 heterocycles. The van der Waals surface area contributed by atoms with Crippen LogP contribution in [-0.2, 0) is 12.1 Å². The van der Waals surface area contributed by atoms with E-state index in [2.05, 4.69) is 4.98 Å². The predicted octanol–water partition coefficient (Wildman–Crippen LogP) is 3.47. The maximum Gasteiger partial charge on any atom is 0.265 e. The fourth-order valence-electron chi connectivity index (χ4n) is 4.03. The largest absolute Gasteiger partial charge is 0.480 e. The Morgan fingerprint density at radius 2 is 2.08 bits per heavy atom. The molecule has 4 rings (SSSR count). The number of alkyl halides is 2. The van der Waals surface area contributed by atoms with Gasteiger partial charge in [0.15, 0.2) is 0 Å². The van der Waals surface area contributed by atoms with Crippen molar-refractivity contribution in [1.82, 2.24) is 9.55 Å². The number of nitrogens with two attached hydrogens (primary N) is 1. The summed E-state index contributed by atoms with van der Waals surface area (Å²) in [7, 11) is 0. The highest BCUT2D eigenvalue weighted by atomic mass is 19.3. The molecule has 132 valence electrons. The molecule has 2 aromatic heterocycles. The van der Waals surface area contributed by atoms with E-state index in [-0.39, 0.29) is 25.7 Å². The number of carbonyl (C=O) groups excluding carboxylic acids is 1. The third kappa shape index (κ3) is 2.33. The van der Waals surface area contributed by atoms with Crippen LogP contribution in [0.1, 0.15) is 48.7 Å². The molecule has 1 aliphatic heterocycles. The van der Waals surface area contributed by atoms with Crippen molar-refractivity contribution in [1.29, 1.82) is 0 Å². The lowest BCUT2D eigenvalue weighted by atomic mass is 9.76. The molecular weight excluding hydrogens is 328 g/mol. The molecule has 7 heteroatoms. The third-order valence-electron chi connectivity index (χ3n) is 5.29. The van der Waals surface area contributed by atoms with Crippen LogP contribution < -0.4 is 10.5 Å². The van der Waals surface area contributed by atoms with Crippen LogP contribution in [0.4, 0.5) is 8.78 Å². The highest BCUT2D eigenvalue weighted by molar-refractivity contribution is 5.94. The topological polar surface area (TPSA) is 70.1 Å². The average Bonchev–Trinajstić information content (AvgIpc) is 2.99. The van der Waals surface area contributed by atoms with Gasteiger partial charge in [-0.15, -0.1) is 0 Å². The summed E-state index contributed by atoms with van der Waals surface area (Å²) in [5.74, 6) is -2.66. The zero-order valence-electron chi connectivity index (χ0n) is 13.9. The van der Waals surface area contributed by atoms with E-state index in [1.165, 1.54) is 0 Å². The Labute approximate surface area is 143 Å². The first kappa shape index (κ1) is 16.1. The zero-order chi connectivity index (χ0) is 17.8. The fraction of sp³-hybridized carbons (Fsp3) is 0.444. The molecule has 25 heavy (non-hydrogen) atoms. The summed E-state index contributed by atoms with van der Waals surface area (Å²) < 4.78 is 35.5. The maximum absolute atomic E-state index is 13.7. The third-order valence-corrected chi connectivity index (χ3v) is 5.29. The van der Waals surface area contributed by atoms with Crippen molar-refractivity contribution in [3.05, 3.63) is 35.8 Å². The zero-order valence-corrected chi connectivity index (χ0v) is 13.9. The van der Waals surface area contributed by atoms with Crippen molar-refractivity contribution in [3.8, 4) is 17.0 Å². The summed E-state index contributed by atoms with van der Waals surface area (Å²) in [6.45, 7) is 2.46. The molecule has 1 aliphatic carbocycles. The predicted molar refractivity (Wildman–Crippen MR) is 87.6 cm³/mol. The Bertz CT molecular complexity index is 850. The number of fused-ring (bicyclic) bond motifs is 4. The van der Waals surface area contributed by atoms with E-state index in [0.29, 0.717) is 18.0 Å². The van der Waals surface area contributed by atoms with Gasteiger partial charge in [-0.1, -0.05) is 0 Å². The van der Waals surface area contributed by atoms with Crippen molar-refractivity contribution in [2.45, 2.75) is 50.7 Å². The second-order valence-corrected chi connectivity index (χ2v) is 6.72. The fourth-order valence-corrected chi connectivity index (χ4v) is 4.03. The van der Waals surface area contributed by atoms with Crippen LogP contribution in [0.2, 0.25) is 0 Å². The Kier molecular flexibility index (Phi) is 3.39. The number of amides is 1. The van der Waals surface area contributed by atoms with Gasteiger partial charge in [-0.3, -0.25) is 9.78 Å². The van der Waals surface area contributed by atoms with Crippen molar-refractivity contribution < 1.29 is 18.3 Å². The number of pyridine rings is 1. The Hall–Kier alpha value is -2.44. The number of ether oxygens (including phenoxy) is 1. The smallest absolute Gasteiger partial charge is 0.265 e. The molecule has 0 saturated heterocycles. The van der Waals surface area contributed by atoms with E-state index in [0.717, 1.165) is 16.8 Å². The molecule has 0 aromatic carbocycles. The first-order valence-electron chi connectivity index (χ1n) is 8.42. The van der Waals surface area contributed by atoms with Crippen LogP contribution in [0.25, 0.3) is 11.3 Å². The molecule has 2 aromatic rings. The van der Waals surface area contributed by atoms with Crippen molar-refractivity contribution in [2.75, 3.05) is 0 Å². The molecule has 2 aliphatic rings.